The average molecular weight is 261 g/mol. The highest BCUT2D eigenvalue weighted by Crippen LogP contribution is 2.43. The molecule has 2 nitrogen and oxygen atoms in total. The van der Waals surface area contributed by atoms with E-state index in [2.05, 4.69) is 26.0 Å². The van der Waals surface area contributed by atoms with Crippen LogP contribution in [0.2, 0.25) is 0 Å². The normalized spacial score (nSPS) is 26.7. The van der Waals surface area contributed by atoms with Crippen LogP contribution in [0.5, 0.6) is 5.75 Å². The van der Waals surface area contributed by atoms with Gasteiger partial charge in [-0.2, -0.15) is 0 Å². The van der Waals surface area contributed by atoms with Gasteiger partial charge in [0.1, 0.15) is 5.75 Å². The maximum Gasteiger partial charge on any atom is 0.124 e. The molecule has 0 aromatic heterocycles. The number of para-hydroxylation sites is 1. The van der Waals surface area contributed by atoms with E-state index < -0.39 is 0 Å². The number of hydrogen-bond donors (Lipinski definition) is 1. The zero-order valence-electron chi connectivity index (χ0n) is 12.5. The fourth-order valence-electron chi connectivity index (χ4n) is 3.12. The second kappa shape index (κ2) is 5.54. The van der Waals surface area contributed by atoms with Crippen LogP contribution >= 0.6 is 0 Å². The quantitative estimate of drug-likeness (QED) is 0.826. The Labute approximate surface area is 117 Å². The summed E-state index contributed by atoms with van der Waals surface area (Å²) in [7, 11) is 0. The molecule has 0 aliphatic heterocycles. The van der Waals surface area contributed by atoms with Crippen molar-refractivity contribution in [3.8, 4) is 5.75 Å². The van der Waals surface area contributed by atoms with Crippen molar-refractivity contribution in [2.24, 2.45) is 11.1 Å². The summed E-state index contributed by atoms with van der Waals surface area (Å²) in [5, 5.41) is 0. The molecule has 1 atom stereocenters. The van der Waals surface area contributed by atoms with Crippen LogP contribution in [0.3, 0.4) is 0 Å². The molecule has 0 saturated heterocycles. The highest BCUT2D eigenvalue weighted by atomic mass is 16.5. The molecule has 106 valence electrons. The van der Waals surface area contributed by atoms with Gasteiger partial charge in [-0.3, -0.25) is 0 Å². The van der Waals surface area contributed by atoms with E-state index in [1.165, 1.54) is 24.8 Å². The SMILES string of the molecule is CCOc1ccccc1C1(N)CCCC(C)(C)CC1. The maximum atomic E-state index is 6.75. The smallest absolute Gasteiger partial charge is 0.124 e. The highest BCUT2D eigenvalue weighted by Gasteiger charge is 2.35. The fraction of sp³-hybridized carbons (Fsp3) is 0.647. The minimum absolute atomic E-state index is 0.223. The molecule has 0 radical (unpaired) electrons. The highest BCUT2D eigenvalue weighted by molar-refractivity contribution is 5.39. The van der Waals surface area contributed by atoms with Crippen molar-refractivity contribution in [2.45, 2.75) is 58.4 Å². The third-order valence-electron chi connectivity index (χ3n) is 4.45. The Hall–Kier alpha value is -1.02. The molecule has 1 fully saturated rings. The van der Waals surface area contributed by atoms with Crippen LogP contribution in [0.1, 0.15) is 58.4 Å². The summed E-state index contributed by atoms with van der Waals surface area (Å²) in [6, 6.07) is 8.29. The largest absolute Gasteiger partial charge is 0.494 e. The van der Waals surface area contributed by atoms with Crippen LogP contribution in [0.15, 0.2) is 24.3 Å². The van der Waals surface area contributed by atoms with Crippen LogP contribution in [-0.4, -0.2) is 6.61 Å². The molecule has 1 aliphatic carbocycles. The first kappa shape index (κ1) is 14.4. The van der Waals surface area contributed by atoms with E-state index in [0.29, 0.717) is 12.0 Å². The number of hydrogen-bond acceptors (Lipinski definition) is 2. The molecular weight excluding hydrogens is 234 g/mol. The van der Waals surface area contributed by atoms with Crippen LogP contribution in [-0.2, 0) is 5.54 Å². The van der Waals surface area contributed by atoms with E-state index in [-0.39, 0.29) is 5.54 Å². The molecule has 2 heteroatoms. The van der Waals surface area contributed by atoms with Gasteiger partial charge in [-0.05, 0) is 44.1 Å². The lowest BCUT2D eigenvalue weighted by molar-refractivity contribution is 0.289. The van der Waals surface area contributed by atoms with Gasteiger partial charge >= 0.3 is 0 Å². The van der Waals surface area contributed by atoms with Gasteiger partial charge in [-0.1, -0.05) is 38.5 Å². The van der Waals surface area contributed by atoms with Gasteiger partial charge in [-0.15, -0.1) is 0 Å². The van der Waals surface area contributed by atoms with Crippen LogP contribution in [0, 0.1) is 5.41 Å². The second-order valence-corrected chi connectivity index (χ2v) is 6.60. The monoisotopic (exact) mass is 261 g/mol. The van der Waals surface area contributed by atoms with Crippen molar-refractivity contribution in [1.29, 1.82) is 0 Å². The predicted molar refractivity (Wildman–Crippen MR) is 80.3 cm³/mol. The van der Waals surface area contributed by atoms with Crippen molar-refractivity contribution in [2.75, 3.05) is 6.61 Å². The van der Waals surface area contributed by atoms with Gasteiger partial charge in [0.25, 0.3) is 0 Å². The molecule has 1 aromatic carbocycles. The summed E-state index contributed by atoms with van der Waals surface area (Å²) in [6.07, 6.45) is 5.75. The molecule has 1 saturated carbocycles. The topological polar surface area (TPSA) is 35.2 Å². The number of benzene rings is 1. The Morgan fingerprint density at radius 2 is 1.84 bits per heavy atom. The van der Waals surface area contributed by atoms with Gasteiger partial charge in [0, 0.05) is 11.1 Å². The number of rotatable bonds is 3. The fourth-order valence-corrected chi connectivity index (χ4v) is 3.12. The minimum Gasteiger partial charge on any atom is -0.494 e. The average Bonchev–Trinajstić information content (AvgIpc) is 2.51. The Morgan fingerprint density at radius 1 is 1.11 bits per heavy atom. The summed E-state index contributed by atoms with van der Waals surface area (Å²) in [4.78, 5) is 0. The zero-order valence-corrected chi connectivity index (χ0v) is 12.5. The molecular formula is C17H27NO. The minimum atomic E-state index is -0.223. The van der Waals surface area contributed by atoms with E-state index in [9.17, 15) is 0 Å². The Kier molecular flexibility index (Phi) is 4.19. The standard InChI is InChI=1S/C17H27NO/c1-4-19-15-9-6-5-8-14(15)17(18)11-7-10-16(2,3)12-13-17/h5-6,8-9H,4,7,10-13,18H2,1-3H3. The first-order valence-electron chi connectivity index (χ1n) is 7.48. The Morgan fingerprint density at radius 3 is 2.58 bits per heavy atom. The third-order valence-corrected chi connectivity index (χ3v) is 4.45. The number of nitrogens with two attached hydrogens (primary N) is 1. The predicted octanol–water partition coefficient (Wildman–Crippen LogP) is 4.23. The van der Waals surface area contributed by atoms with Crippen LogP contribution < -0.4 is 10.5 Å². The van der Waals surface area contributed by atoms with Crippen LogP contribution in [0.25, 0.3) is 0 Å². The zero-order chi connectivity index (χ0) is 13.9. The summed E-state index contributed by atoms with van der Waals surface area (Å²) < 4.78 is 5.77. The van der Waals surface area contributed by atoms with Crippen molar-refractivity contribution in [3.63, 3.8) is 0 Å². The van der Waals surface area contributed by atoms with E-state index in [4.69, 9.17) is 10.5 Å². The van der Waals surface area contributed by atoms with E-state index in [1.807, 2.05) is 19.1 Å². The molecule has 2 N–H and O–H groups in total. The second-order valence-electron chi connectivity index (χ2n) is 6.60. The molecule has 0 bridgehead atoms. The van der Waals surface area contributed by atoms with Gasteiger partial charge in [0.15, 0.2) is 0 Å². The first-order chi connectivity index (χ1) is 8.97. The first-order valence-corrected chi connectivity index (χ1v) is 7.48. The van der Waals surface area contributed by atoms with E-state index in [1.54, 1.807) is 0 Å². The summed E-state index contributed by atoms with van der Waals surface area (Å²) >= 11 is 0. The van der Waals surface area contributed by atoms with Crippen molar-refractivity contribution < 1.29 is 4.74 Å². The van der Waals surface area contributed by atoms with Crippen molar-refractivity contribution in [3.05, 3.63) is 29.8 Å². The molecule has 0 spiro atoms. The van der Waals surface area contributed by atoms with E-state index in [0.717, 1.165) is 18.6 Å². The van der Waals surface area contributed by atoms with E-state index >= 15 is 0 Å². The van der Waals surface area contributed by atoms with Crippen molar-refractivity contribution >= 4 is 0 Å². The molecule has 2 rings (SSSR count). The van der Waals surface area contributed by atoms with Crippen molar-refractivity contribution in [1.82, 2.24) is 0 Å². The molecule has 0 amide bonds. The molecule has 19 heavy (non-hydrogen) atoms. The summed E-state index contributed by atoms with van der Waals surface area (Å²) in [6.45, 7) is 7.43. The maximum absolute atomic E-state index is 6.75. The van der Waals surface area contributed by atoms with Gasteiger partial charge < -0.3 is 10.5 Å². The lowest BCUT2D eigenvalue weighted by Crippen LogP contribution is -2.36. The Bertz CT molecular complexity index is 427. The third kappa shape index (κ3) is 3.30. The van der Waals surface area contributed by atoms with Crippen LogP contribution in [0.4, 0.5) is 0 Å². The summed E-state index contributed by atoms with van der Waals surface area (Å²) in [5.41, 5.74) is 8.14. The molecule has 1 aromatic rings. The molecule has 1 unspecified atom stereocenters. The molecule has 1 aliphatic rings. The van der Waals surface area contributed by atoms with Gasteiger partial charge in [0.05, 0.1) is 6.61 Å². The van der Waals surface area contributed by atoms with Gasteiger partial charge in [0.2, 0.25) is 0 Å². The number of ether oxygens (including phenoxy) is 1. The van der Waals surface area contributed by atoms with Gasteiger partial charge in [-0.25, -0.2) is 0 Å². The Balaban J connectivity index is 2.29. The lowest BCUT2D eigenvalue weighted by Gasteiger charge is -2.31. The summed E-state index contributed by atoms with van der Waals surface area (Å²) in [5.74, 6) is 0.965. The lowest BCUT2D eigenvalue weighted by atomic mass is 9.81. The molecule has 0 heterocycles.